The SMILES string of the molecule is CCNC(=NCC(C)(C)SC)NCCC(=O)N(CC)CC. The van der Waals surface area contributed by atoms with Crippen LogP contribution in [-0.2, 0) is 4.79 Å². The molecule has 0 radical (unpaired) electrons. The Labute approximate surface area is 134 Å². The number of aliphatic imine (C=N–C) groups is 1. The van der Waals surface area contributed by atoms with Gasteiger partial charge in [0.15, 0.2) is 5.96 Å². The molecule has 0 fully saturated rings. The molecule has 0 aliphatic rings. The van der Waals surface area contributed by atoms with Gasteiger partial charge in [-0.3, -0.25) is 9.79 Å². The highest BCUT2D eigenvalue weighted by molar-refractivity contribution is 7.99. The van der Waals surface area contributed by atoms with Crippen LogP contribution in [-0.4, -0.2) is 60.5 Å². The second-order valence-electron chi connectivity index (χ2n) is 5.40. The fourth-order valence-electron chi connectivity index (χ4n) is 1.70. The van der Waals surface area contributed by atoms with Crippen molar-refractivity contribution in [3.05, 3.63) is 0 Å². The number of carbonyl (C=O) groups excluding carboxylic acids is 1. The van der Waals surface area contributed by atoms with E-state index in [1.54, 1.807) is 11.8 Å². The number of amides is 1. The summed E-state index contributed by atoms with van der Waals surface area (Å²) in [5.41, 5.74) is 0. The summed E-state index contributed by atoms with van der Waals surface area (Å²) in [6.07, 6.45) is 2.59. The van der Waals surface area contributed by atoms with Crippen molar-refractivity contribution in [3.63, 3.8) is 0 Å². The van der Waals surface area contributed by atoms with Gasteiger partial charge in [0.05, 0.1) is 6.54 Å². The second kappa shape index (κ2) is 10.8. The van der Waals surface area contributed by atoms with Crippen molar-refractivity contribution in [3.8, 4) is 0 Å². The third kappa shape index (κ3) is 8.86. The van der Waals surface area contributed by atoms with Crippen LogP contribution in [0.2, 0.25) is 0 Å². The number of thioether (sulfide) groups is 1. The first kappa shape index (κ1) is 20.1. The zero-order valence-corrected chi connectivity index (χ0v) is 15.3. The van der Waals surface area contributed by atoms with Crippen molar-refractivity contribution in [1.29, 1.82) is 0 Å². The first-order chi connectivity index (χ1) is 9.90. The Morgan fingerprint density at radius 3 is 2.29 bits per heavy atom. The fourth-order valence-corrected chi connectivity index (χ4v) is 1.89. The van der Waals surface area contributed by atoms with E-state index in [0.29, 0.717) is 13.0 Å². The molecule has 21 heavy (non-hydrogen) atoms. The normalized spacial score (nSPS) is 12.2. The Hall–Kier alpha value is -0.910. The Morgan fingerprint density at radius 1 is 1.19 bits per heavy atom. The Kier molecular flexibility index (Phi) is 10.3. The summed E-state index contributed by atoms with van der Waals surface area (Å²) in [7, 11) is 0. The maximum Gasteiger partial charge on any atom is 0.224 e. The number of hydrogen-bond acceptors (Lipinski definition) is 3. The van der Waals surface area contributed by atoms with E-state index in [1.807, 2.05) is 25.7 Å². The highest BCUT2D eigenvalue weighted by Gasteiger charge is 2.15. The number of hydrogen-bond donors (Lipinski definition) is 2. The zero-order valence-electron chi connectivity index (χ0n) is 14.5. The molecule has 0 aromatic rings. The van der Waals surface area contributed by atoms with E-state index >= 15 is 0 Å². The minimum atomic E-state index is 0.124. The zero-order chi connectivity index (χ0) is 16.3. The van der Waals surface area contributed by atoms with Crippen LogP contribution in [0.25, 0.3) is 0 Å². The topological polar surface area (TPSA) is 56.7 Å². The largest absolute Gasteiger partial charge is 0.357 e. The van der Waals surface area contributed by atoms with Crippen LogP contribution in [0.5, 0.6) is 0 Å². The molecule has 0 aliphatic carbocycles. The number of rotatable bonds is 9. The van der Waals surface area contributed by atoms with Gasteiger partial charge in [-0.05, 0) is 40.9 Å². The predicted octanol–water partition coefficient (Wildman–Crippen LogP) is 1.94. The van der Waals surface area contributed by atoms with Gasteiger partial charge < -0.3 is 15.5 Å². The van der Waals surface area contributed by atoms with E-state index < -0.39 is 0 Å². The quantitative estimate of drug-likeness (QED) is 0.504. The van der Waals surface area contributed by atoms with Crippen molar-refractivity contribution in [2.45, 2.75) is 45.8 Å². The summed E-state index contributed by atoms with van der Waals surface area (Å²) in [5.74, 6) is 0.972. The first-order valence-corrected chi connectivity index (χ1v) is 8.97. The standard InChI is InChI=1S/C15H32N4OS/c1-7-16-14(18-12-15(4,5)21-6)17-11-10-13(20)19(8-2)9-3/h7-12H2,1-6H3,(H2,16,17,18). The number of nitrogens with one attached hydrogen (secondary N) is 2. The third-order valence-electron chi connectivity index (χ3n) is 3.26. The molecule has 0 aromatic heterocycles. The van der Waals surface area contributed by atoms with Crippen LogP contribution in [0, 0.1) is 0 Å². The lowest BCUT2D eigenvalue weighted by Crippen LogP contribution is -2.40. The second-order valence-corrected chi connectivity index (χ2v) is 6.92. The Balaban J connectivity index is 4.33. The van der Waals surface area contributed by atoms with Crippen LogP contribution in [0.15, 0.2) is 4.99 Å². The molecule has 0 aliphatic heterocycles. The van der Waals surface area contributed by atoms with E-state index in [-0.39, 0.29) is 10.7 Å². The lowest BCUT2D eigenvalue weighted by Gasteiger charge is -2.21. The molecule has 2 N–H and O–H groups in total. The summed E-state index contributed by atoms with van der Waals surface area (Å²) in [6.45, 7) is 14.1. The van der Waals surface area contributed by atoms with Gasteiger partial charge in [-0.15, -0.1) is 0 Å². The summed E-state index contributed by atoms with van der Waals surface area (Å²) >= 11 is 1.80. The van der Waals surface area contributed by atoms with Crippen LogP contribution < -0.4 is 10.6 Å². The maximum atomic E-state index is 11.9. The number of carbonyl (C=O) groups is 1. The van der Waals surface area contributed by atoms with Crippen molar-refractivity contribution in [2.24, 2.45) is 4.99 Å². The summed E-state index contributed by atoms with van der Waals surface area (Å²) in [5, 5.41) is 6.45. The van der Waals surface area contributed by atoms with Gasteiger partial charge in [0, 0.05) is 37.3 Å². The van der Waals surface area contributed by atoms with Gasteiger partial charge in [-0.1, -0.05) is 0 Å². The Morgan fingerprint density at radius 2 is 1.81 bits per heavy atom. The lowest BCUT2D eigenvalue weighted by molar-refractivity contribution is -0.130. The van der Waals surface area contributed by atoms with Crippen molar-refractivity contribution < 1.29 is 4.79 Å². The molecule has 6 heteroatoms. The molecule has 0 saturated heterocycles. The molecule has 124 valence electrons. The summed E-state index contributed by atoms with van der Waals surface area (Å²) < 4.78 is 0.124. The molecule has 0 heterocycles. The van der Waals surface area contributed by atoms with Crippen LogP contribution in [0.4, 0.5) is 0 Å². The molecule has 0 rings (SSSR count). The monoisotopic (exact) mass is 316 g/mol. The van der Waals surface area contributed by atoms with Gasteiger partial charge in [0.1, 0.15) is 0 Å². The minimum absolute atomic E-state index is 0.124. The predicted molar refractivity (Wildman–Crippen MR) is 94.1 cm³/mol. The van der Waals surface area contributed by atoms with E-state index in [4.69, 9.17) is 0 Å². The molecular weight excluding hydrogens is 284 g/mol. The van der Waals surface area contributed by atoms with Crippen LogP contribution in [0.1, 0.15) is 41.0 Å². The van der Waals surface area contributed by atoms with E-state index in [0.717, 1.165) is 32.1 Å². The molecule has 0 spiro atoms. The third-order valence-corrected chi connectivity index (χ3v) is 4.50. The molecule has 0 aromatic carbocycles. The molecule has 1 amide bonds. The van der Waals surface area contributed by atoms with Crippen molar-refractivity contribution in [1.82, 2.24) is 15.5 Å². The number of guanidine groups is 1. The minimum Gasteiger partial charge on any atom is -0.357 e. The van der Waals surface area contributed by atoms with Gasteiger partial charge in [-0.25, -0.2) is 0 Å². The maximum absolute atomic E-state index is 11.9. The molecule has 5 nitrogen and oxygen atoms in total. The number of nitrogens with zero attached hydrogens (tertiary/aromatic N) is 2. The highest BCUT2D eigenvalue weighted by Crippen LogP contribution is 2.20. The van der Waals surface area contributed by atoms with Gasteiger partial charge in [-0.2, -0.15) is 11.8 Å². The van der Waals surface area contributed by atoms with Crippen molar-refractivity contribution in [2.75, 3.05) is 39.0 Å². The van der Waals surface area contributed by atoms with Gasteiger partial charge >= 0.3 is 0 Å². The molecule has 0 saturated carbocycles. The molecular formula is C15H32N4OS. The summed E-state index contributed by atoms with van der Waals surface area (Å²) in [6, 6.07) is 0. The molecule has 0 bridgehead atoms. The van der Waals surface area contributed by atoms with Crippen LogP contribution in [0.3, 0.4) is 0 Å². The first-order valence-electron chi connectivity index (χ1n) is 7.75. The lowest BCUT2D eigenvalue weighted by atomic mass is 10.2. The summed E-state index contributed by atoms with van der Waals surface area (Å²) in [4.78, 5) is 18.4. The Bertz CT molecular complexity index is 328. The smallest absolute Gasteiger partial charge is 0.224 e. The average Bonchev–Trinajstić information content (AvgIpc) is 2.46. The van der Waals surface area contributed by atoms with Gasteiger partial charge in [0.25, 0.3) is 0 Å². The van der Waals surface area contributed by atoms with E-state index in [2.05, 4.69) is 35.7 Å². The fraction of sp³-hybridized carbons (Fsp3) is 0.867. The van der Waals surface area contributed by atoms with Crippen LogP contribution >= 0.6 is 11.8 Å². The van der Waals surface area contributed by atoms with E-state index in [1.165, 1.54) is 0 Å². The van der Waals surface area contributed by atoms with E-state index in [9.17, 15) is 4.79 Å². The molecule has 0 unspecified atom stereocenters. The van der Waals surface area contributed by atoms with Gasteiger partial charge in [0.2, 0.25) is 5.91 Å². The van der Waals surface area contributed by atoms with Crippen molar-refractivity contribution >= 4 is 23.6 Å². The molecule has 0 atom stereocenters. The highest BCUT2D eigenvalue weighted by atomic mass is 32.2. The average molecular weight is 317 g/mol.